The van der Waals surface area contributed by atoms with E-state index in [0.29, 0.717) is 11.0 Å². The van der Waals surface area contributed by atoms with Crippen molar-refractivity contribution in [3.8, 4) is 5.75 Å². The molecule has 0 bridgehead atoms. The number of anilines is 1. The van der Waals surface area contributed by atoms with Crippen LogP contribution in [0.15, 0.2) is 41.6 Å². The third-order valence-electron chi connectivity index (χ3n) is 5.22. The molecule has 0 saturated carbocycles. The fraction of sp³-hybridized carbons (Fsp3) is 0.292. The van der Waals surface area contributed by atoms with Crippen molar-refractivity contribution >= 4 is 35.3 Å². The molecule has 0 aliphatic rings. The average Bonchev–Trinajstić information content (AvgIpc) is 3.21. The van der Waals surface area contributed by atoms with E-state index in [2.05, 4.69) is 15.5 Å². The van der Waals surface area contributed by atoms with E-state index in [1.165, 1.54) is 49.7 Å². The van der Waals surface area contributed by atoms with E-state index in [1.807, 2.05) is 32.0 Å². The summed E-state index contributed by atoms with van der Waals surface area (Å²) in [6.45, 7) is 4.28. The highest BCUT2D eigenvalue weighted by atomic mass is 32.2. The first-order valence-electron chi connectivity index (χ1n) is 10.5. The number of ether oxygens (including phenoxy) is 3. The monoisotopic (exact) mass is 498 g/mol. The first-order chi connectivity index (χ1) is 16.7. The number of aromatic nitrogens is 3. The Balaban J connectivity index is 1.64. The zero-order chi connectivity index (χ0) is 25.5. The Kier molecular flexibility index (Phi) is 8.48. The van der Waals surface area contributed by atoms with Gasteiger partial charge in [-0.1, -0.05) is 17.8 Å². The van der Waals surface area contributed by atoms with Gasteiger partial charge in [-0.25, -0.2) is 9.59 Å². The molecule has 35 heavy (non-hydrogen) atoms. The highest BCUT2D eigenvalue weighted by Crippen LogP contribution is 2.22. The molecular weight excluding hydrogens is 472 g/mol. The molecule has 0 saturated heterocycles. The fourth-order valence-electron chi connectivity index (χ4n) is 3.04. The number of rotatable bonds is 9. The zero-order valence-corrected chi connectivity index (χ0v) is 20.9. The summed E-state index contributed by atoms with van der Waals surface area (Å²) >= 11 is 1.17. The Morgan fingerprint density at radius 2 is 1.71 bits per heavy atom. The Hall–Kier alpha value is -3.86. The zero-order valence-electron chi connectivity index (χ0n) is 20.1. The number of aryl methyl sites for hydroxylation is 2. The summed E-state index contributed by atoms with van der Waals surface area (Å²) in [5, 5.41) is 11.4. The number of nitrogens with zero attached hydrogens (tertiary/aromatic N) is 3. The van der Waals surface area contributed by atoms with E-state index in [1.54, 1.807) is 11.6 Å². The van der Waals surface area contributed by atoms with Crippen LogP contribution in [0.5, 0.6) is 5.75 Å². The van der Waals surface area contributed by atoms with Gasteiger partial charge in [0.2, 0.25) is 5.91 Å². The van der Waals surface area contributed by atoms with Crippen molar-refractivity contribution in [3.05, 3.63) is 64.5 Å². The molecule has 1 amide bonds. The summed E-state index contributed by atoms with van der Waals surface area (Å²) in [4.78, 5) is 36.5. The third kappa shape index (κ3) is 6.38. The van der Waals surface area contributed by atoms with Crippen LogP contribution in [0, 0.1) is 13.8 Å². The van der Waals surface area contributed by atoms with Crippen LogP contribution >= 0.6 is 11.8 Å². The lowest BCUT2D eigenvalue weighted by atomic mass is 10.1. The van der Waals surface area contributed by atoms with Gasteiger partial charge in [0.15, 0.2) is 11.0 Å². The molecule has 0 spiro atoms. The van der Waals surface area contributed by atoms with E-state index in [-0.39, 0.29) is 29.2 Å². The number of amides is 1. The van der Waals surface area contributed by atoms with Crippen LogP contribution in [-0.4, -0.2) is 52.6 Å². The van der Waals surface area contributed by atoms with Crippen molar-refractivity contribution in [2.45, 2.75) is 25.6 Å². The fourth-order valence-corrected chi connectivity index (χ4v) is 3.77. The lowest BCUT2D eigenvalue weighted by Crippen LogP contribution is -2.18. The first kappa shape index (κ1) is 25.8. The lowest BCUT2D eigenvalue weighted by molar-refractivity contribution is -0.113. The molecule has 3 aromatic rings. The molecular formula is C24H26N4O6S. The van der Waals surface area contributed by atoms with Crippen LogP contribution in [0.4, 0.5) is 5.69 Å². The summed E-state index contributed by atoms with van der Waals surface area (Å²) < 4.78 is 17.0. The van der Waals surface area contributed by atoms with Crippen molar-refractivity contribution in [1.29, 1.82) is 0 Å². The quantitative estimate of drug-likeness (QED) is 0.350. The number of thioether (sulfide) groups is 1. The number of benzene rings is 2. The van der Waals surface area contributed by atoms with Gasteiger partial charge in [-0.05, 0) is 55.3 Å². The number of nitrogens with one attached hydrogen (secondary N) is 1. The number of hydrogen-bond acceptors (Lipinski definition) is 9. The molecule has 3 rings (SSSR count). The number of methoxy groups -OCH3 is 2. The Bertz CT molecular complexity index is 1260. The topological polar surface area (TPSA) is 122 Å². The molecule has 10 nitrogen and oxygen atoms in total. The predicted octanol–water partition coefficient (Wildman–Crippen LogP) is 3.31. The van der Waals surface area contributed by atoms with Gasteiger partial charge in [0.1, 0.15) is 12.4 Å². The van der Waals surface area contributed by atoms with Crippen LogP contribution in [0.2, 0.25) is 0 Å². The van der Waals surface area contributed by atoms with Crippen LogP contribution in [0.3, 0.4) is 0 Å². The second-order valence-corrected chi connectivity index (χ2v) is 8.52. The standard InChI is InChI=1S/C24H26N4O6S/c1-14-6-8-17(10-15(14)2)34-12-20-26-27-24(28(20)3)35-13-21(29)25-19-11-16(22(30)32-4)7-9-18(19)23(31)33-5/h6-11H,12-13H2,1-5H3,(H,25,29). The minimum absolute atomic E-state index is 0.00689. The van der Waals surface area contributed by atoms with E-state index < -0.39 is 17.8 Å². The number of hydrogen-bond donors (Lipinski definition) is 1. The maximum absolute atomic E-state index is 12.6. The maximum atomic E-state index is 12.6. The predicted molar refractivity (Wildman–Crippen MR) is 130 cm³/mol. The molecule has 1 aromatic heterocycles. The average molecular weight is 499 g/mol. The van der Waals surface area contributed by atoms with Gasteiger partial charge in [0, 0.05) is 7.05 Å². The van der Waals surface area contributed by atoms with Crippen molar-refractivity contribution in [3.63, 3.8) is 0 Å². The molecule has 0 aliphatic carbocycles. The van der Waals surface area contributed by atoms with Gasteiger partial charge in [-0.15, -0.1) is 10.2 Å². The summed E-state index contributed by atoms with van der Waals surface area (Å²) in [5.74, 6) is -0.317. The molecule has 0 atom stereocenters. The first-order valence-corrected chi connectivity index (χ1v) is 11.5. The molecule has 2 aromatic carbocycles. The van der Waals surface area contributed by atoms with Crippen molar-refractivity contribution in [2.24, 2.45) is 7.05 Å². The number of carbonyl (C=O) groups is 3. The summed E-state index contributed by atoms with van der Waals surface area (Å²) in [6, 6.07) is 10.0. The maximum Gasteiger partial charge on any atom is 0.339 e. The van der Waals surface area contributed by atoms with E-state index in [9.17, 15) is 14.4 Å². The highest BCUT2D eigenvalue weighted by Gasteiger charge is 2.18. The van der Waals surface area contributed by atoms with E-state index in [4.69, 9.17) is 14.2 Å². The summed E-state index contributed by atoms with van der Waals surface area (Å²) in [6.07, 6.45) is 0. The van der Waals surface area contributed by atoms with Crippen molar-refractivity contribution in [1.82, 2.24) is 14.8 Å². The van der Waals surface area contributed by atoms with Gasteiger partial charge >= 0.3 is 11.9 Å². The van der Waals surface area contributed by atoms with Gasteiger partial charge in [0.25, 0.3) is 0 Å². The smallest absolute Gasteiger partial charge is 0.339 e. The second kappa shape index (κ2) is 11.5. The molecule has 0 aliphatic heterocycles. The van der Waals surface area contributed by atoms with Gasteiger partial charge < -0.3 is 24.1 Å². The molecule has 184 valence electrons. The molecule has 11 heteroatoms. The molecule has 1 heterocycles. The minimum Gasteiger partial charge on any atom is -0.486 e. The number of esters is 2. The van der Waals surface area contributed by atoms with Gasteiger partial charge in [-0.2, -0.15) is 0 Å². The van der Waals surface area contributed by atoms with E-state index in [0.717, 1.165) is 11.3 Å². The Morgan fingerprint density at radius 1 is 0.971 bits per heavy atom. The van der Waals surface area contributed by atoms with Crippen LogP contribution in [0.1, 0.15) is 37.7 Å². The molecule has 0 radical (unpaired) electrons. The van der Waals surface area contributed by atoms with Gasteiger partial charge in [-0.3, -0.25) is 4.79 Å². The van der Waals surface area contributed by atoms with Crippen LogP contribution in [-0.2, 0) is 27.9 Å². The molecule has 0 unspecified atom stereocenters. The lowest BCUT2D eigenvalue weighted by Gasteiger charge is -2.11. The van der Waals surface area contributed by atoms with Gasteiger partial charge in [0.05, 0.1) is 36.8 Å². The Labute approximate surface area is 207 Å². The second-order valence-electron chi connectivity index (χ2n) is 7.57. The summed E-state index contributed by atoms with van der Waals surface area (Å²) in [5.41, 5.74) is 2.76. The van der Waals surface area contributed by atoms with Crippen LogP contribution < -0.4 is 10.1 Å². The van der Waals surface area contributed by atoms with Crippen molar-refractivity contribution < 1.29 is 28.6 Å². The van der Waals surface area contributed by atoms with E-state index >= 15 is 0 Å². The third-order valence-corrected chi connectivity index (χ3v) is 6.24. The normalized spacial score (nSPS) is 10.5. The number of carbonyl (C=O) groups excluding carboxylic acids is 3. The SMILES string of the molecule is COC(=O)c1ccc(C(=O)OC)c(NC(=O)CSc2nnc(COc3ccc(C)c(C)c3)n2C)c1. The Morgan fingerprint density at radius 3 is 2.40 bits per heavy atom. The minimum atomic E-state index is -0.647. The highest BCUT2D eigenvalue weighted by molar-refractivity contribution is 7.99. The summed E-state index contributed by atoms with van der Waals surface area (Å²) in [7, 11) is 4.26. The van der Waals surface area contributed by atoms with Crippen molar-refractivity contribution in [2.75, 3.05) is 25.3 Å². The van der Waals surface area contributed by atoms with Crippen LogP contribution in [0.25, 0.3) is 0 Å². The molecule has 0 fully saturated rings. The molecule has 1 N–H and O–H groups in total. The largest absolute Gasteiger partial charge is 0.486 e.